The van der Waals surface area contributed by atoms with Crippen LogP contribution in [0.3, 0.4) is 0 Å². The number of carboxylic acid groups (broad SMARTS) is 1. The van der Waals surface area contributed by atoms with Gasteiger partial charge in [0.15, 0.2) is 9.84 Å². The summed E-state index contributed by atoms with van der Waals surface area (Å²) in [7, 11) is -2.93. The van der Waals surface area contributed by atoms with E-state index >= 15 is 0 Å². The van der Waals surface area contributed by atoms with Crippen LogP contribution in [0.1, 0.15) is 12.0 Å². The molecular formula is C14H17NO5S2. The van der Waals surface area contributed by atoms with Crippen LogP contribution in [0.2, 0.25) is 0 Å². The van der Waals surface area contributed by atoms with E-state index in [1.807, 2.05) is 0 Å². The molecule has 1 fully saturated rings. The second kappa shape index (κ2) is 7.15. The van der Waals surface area contributed by atoms with Gasteiger partial charge in [0.2, 0.25) is 5.91 Å². The van der Waals surface area contributed by atoms with Gasteiger partial charge < -0.3 is 10.4 Å². The van der Waals surface area contributed by atoms with Crippen LogP contribution in [-0.2, 0) is 25.8 Å². The molecule has 1 atom stereocenters. The number of carbonyl (C=O) groups excluding carboxylic acids is 1. The van der Waals surface area contributed by atoms with Gasteiger partial charge in [-0.15, -0.1) is 11.8 Å². The number of rotatable bonds is 6. The van der Waals surface area contributed by atoms with Crippen LogP contribution in [0, 0.1) is 0 Å². The van der Waals surface area contributed by atoms with Crippen molar-refractivity contribution in [2.75, 3.05) is 22.6 Å². The van der Waals surface area contributed by atoms with Crippen LogP contribution in [0.4, 0.5) is 5.69 Å². The first-order valence-corrected chi connectivity index (χ1v) is 9.64. The predicted octanol–water partition coefficient (Wildman–Crippen LogP) is 1.17. The van der Waals surface area contributed by atoms with E-state index < -0.39 is 15.8 Å². The van der Waals surface area contributed by atoms with Crippen molar-refractivity contribution in [2.45, 2.75) is 18.1 Å². The zero-order chi connectivity index (χ0) is 16.2. The number of nitrogens with one attached hydrogen (secondary N) is 1. The van der Waals surface area contributed by atoms with Gasteiger partial charge in [0.1, 0.15) is 0 Å². The third kappa shape index (κ3) is 5.34. The number of carbonyl (C=O) groups is 2. The number of carboxylic acids is 1. The lowest BCUT2D eigenvalue weighted by atomic mass is 10.1. The van der Waals surface area contributed by atoms with Crippen LogP contribution in [0.5, 0.6) is 0 Å². The van der Waals surface area contributed by atoms with Gasteiger partial charge in [-0.1, -0.05) is 12.1 Å². The highest BCUT2D eigenvalue weighted by Gasteiger charge is 2.28. The molecule has 1 aliphatic heterocycles. The summed E-state index contributed by atoms with van der Waals surface area (Å²) in [6, 6.07) is 6.68. The third-order valence-corrected chi connectivity index (χ3v) is 6.49. The highest BCUT2D eigenvalue weighted by molar-refractivity contribution is 8.02. The van der Waals surface area contributed by atoms with Gasteiger partial charge in [0, 0.05) is 10.9 Å². The molecule has 120 valence electrons. The van der Waals surface area contributed by atoms with Crippen LogP contribution < -0.4 is 5.32 Å². The first kappa shape index (κ1) is 16.8. The maximum atomic E-state index is 11.9. The molecule has 2 rings (SSSR count). The maximum Gasteiger partial charge on any atom is 0.307 e. The Kier molecular flexibility index (Phi) is 5.47. The number of hydrogen-bond donors (Lipinski definition) is 2. The first-order valence-electron chi connectivity index (χ1n) is 6.77. The summed E-state index contributed by atoms with van der Waals surface area (Å²) in [5.74, 6) is -0.630. The van der Waals surface area contributed by atoms with Gasteiger partial charge in [-0.2, -0.15) is 0 Å². The minimum Gasteiger partial charge on any atom is -0.481 e. The van der Waals surface area contributed by atoms with E-state index in [-0.39, 0.29) is 34.8 Å². The second-order valence-electron chi connectivity index (χ2n) is 5.16. The fourth-order valence-corrected chi connectivity index (χ4v) is 5.66. The SMILES string of the molecule is O=C(O)Cc1cccc(NC(=O)CSC2CCS(=O)(=O)C2)c1. The summed E-state index contributed by atoms with van der Waals surface area (Å²) in [4.78, 5) is 22.5. The molecule has 22 heavy (non-hydrogen) atoms. The monoisotopic (exact) mass is 343 g/mol. The summed E-state index contributed by atoms with van der Waals surface area (Å²) in [5, 5.41) is 11.4. The van der Waals surface area contributed by atoms with Crippen LogP contribution >= 0.6 is 11.8 Å². The Balaban J connectivity index is 1.83. The Labute approximate surface area is 133 Å². The summed E-state index contributed by atoms with van der Waals surface area (Å²) in [6.45, 7) is 0. The van der Waals surface area contributed by atoms with Gasteiger partial charge in [0.05, 0.1) is 23.7 Å². The van der Waals surface area contributed by atoms with Crippen LogP contribution in [0.25, 0.3) is 0 Å². The number of amides is 1. The molecule has 0 bridgehead atoms. The molecule has 1 aliphatic rings. The molecule has 1 amide bonds. The topological polar surface area (TPSA) is 101 Å². The Morgan fingerprint density at radius 1 is 1.36 bits per heavy atom. The smallest absolute Gasteiger partial charge is 0.307 e. The largest absolute Gasteiger partial charge is 0.481 e. The van der Waals surface area contributed by atoms with E-state index in [4.69, 9.17) is 5.11 Å². The zero-order valence-electron chi connectivity index (χ0n) is 11.8. The molecule has 0 saturated carbocycles. The molecule has 1 unspecified atom stereocenters. The van der Waals surface area contributed by atoms with E-state index in [2.05, 4.69) is 5.32 Å². The molecule has 6 nitrogen and oxygen atoms in total. The minimum atomic E-state index is -2.93. The zero-order valence-corrected chi connectivity index (χ0v) is 13.5. The lowest BCUT2D eigenvalue weighted by Crippen LogP contribution is -2.17. The second-order valence-corrected chi connectivity index (χ2v) is 8.67. The average molecular weight is 343 g/mol. The van der Waals surface area contributed by atoms with Gasteiger partial charge in [0.25, 0.3) is 0 Å². The molecule has 0 spiro atoms. The summed E-state index contributed by atoms with van der Waals surface area (Å²) < 4.78 is 22.7. The van der Waals surface area contributed by atoms with Crippen molar-refractivity contribution in [2.24, 2.45) is 0 Å². The van der Waals surface area contributed by atoms with E-state index in [0.29, 0.717) is 17.7 Å². The summed E-state index contributed by atoms with van der Waals surface area (Å²) in [5.41, 5.74) is 1.16. The van der Waals surface area contributed by atoms with Crippen molar-refractivity contribution in [1.82, 2.24) is 0 Å². The highest BCUT2D eigenvalue weighted by Crippen LogP contribution is 2.24. The van der Waals surface area contributed by atoms with Crippen molar-refractivity contribution in [3.8, 4) is 0 Å². The first-order chi connectivity index (χ1) is 10.3. The van der Waals surface area contributed by atoms with E-state index in [1.54, 1.807) is 24.3 Å². The van der Waals surface area contributed by atoms with Crippen molar-refractivity contribution < 1.29 is 23.1 Å². The van der Waals surface area contributed by atoms with Gasteiger partial charge in [-0.05, 0) is 24.1 Å². The number of benzene rings is 1. The molecular weight excluding hydrogens is 326 g/mol. The standard InChI is InChI=1S/C14H17NO5S2/c16-13(8-21-12-4-5-22(19,20)9-12)15-11-3-1-2-10(6-11)7-14(17)18/h1-3,6,12H,4-5,7-9H2,(H,15,16)(H,17,18). The molecule has 1 saturated heterocycles. The maximum absolute atomic E-state index is 11.9. The molecule has 0 aliphatic carbocycles. The molecule has 0 aromatic heterocycles. The van der Waals surface area contributed by atoms with Crippen LogP contribution in [-0.4, -0.2) is 47.9 Å². The number of aliphatic carboxylic acids is 1. The summed E-state index contributed by atoms with van der Waals surface area (Å²) >= 11 is 1.34. The van der Waals surface area contributed by atoms with Gasteiger partial charge in [-0.25, -0.2) is 8.42 Å². The van der Waals surface area contributed by atoms with Crippen molar-refractivity contribution in [3.05, 3.63) is 29.8 Å². The minimum absolute atomic E-state index is 0.0194. The molecule has 8 heteroatoms. The summed E-state index contributed by atoms with van der Waals surface area (Å²) in [6.07, 6.45) is 0.493. The van der Waals surface area contributed by atoms with Gasteiger partial charge >= 0.3 is 5.97 Å². The number of anilines is 1. The number of hydrogen-bond acceptors (Lipinski definition) is 5. The quantitative estimate of drug-likeness (QED) is 0.804. The lowest BCUT2D eigenvalue weighted by molar-refractivity contribution is -0.136. The van der Waals surface area contributed by atoms with Crippen molar-refractivity contribution in [1.29, 1.82) is 0 Å². The Hall–Kier alpha value is -1.54. The molecule has 2 N–H and O–H groups in total. The lowest BCUT2D eigenvalue weighted by Gasteiger charge is -2.09. The van der Waals surface area contributed by atoms with Crippen LogP contribution in [0.15, 0.2) is 24.3 Å². The molecule has 0 radical (unpaired) electrons. The number of thioether (sulfide) groups is 1. The van der Waals surface area contributed by atoms with Gasteiger partial charge in [-0.3, -0.25) is 9.59 Å². The van der Waals surface area contributed by atoms with Crippen molar-refractivity contribution in [3.63, 3.8) is 0 Å². The normalized spacial score (nSPS) is 19.7. The Morgan fingerprint density at radius 3 is 2.77 bits per heavy atom. The van der Waals surface area contributed by atoms with Crippen molar-refractivity contribution >= 4 is 39.2 Å². The predicted molar refractivity (Wildman–Crippen MR) is 85.9 cm³/mol. The third-order valence-electron chi connectivity index (χ3n) is 3.21. The Morgan fingerprint density at radius 2 is 2.14 bits per heavy atom. The van der Waals surface area contributed by atoms with E-state index in [0.717, 1.165) is 0 Å². The average Bonchev–Trinajstić information content (AvgIpc) is 2.76. The highest BCUT2D eigenvalue weighted by atomic mass is 32.2. The van der Waals surface area contributed by atoms with E-state index in [1.165, 1.54) is 11.8 Å². The Bertz CT molecular complexity index is 672. The number of sulfone groups is 1. The van der Waals surface area contributed by atoms with E-state index in [9.17, 15) is 18.0 Å². The fraction of sp³-hybridized carbons (Fsp3) is 0.429. The fourth-order valence-electron chi connectivity index (χ4n) is 2.22. The molecule has 1 aromatic carbocycles. The molecule has 1 heterocycles. The molecule has 1 aromatic rings.